The van der Waals surface area contributed by atoms with Crippen LogP contribution in [0.15, 0.2) is 79.1 Å². The van der Waals surface area contributed by atoms with Crippen LogP contribution in [0.4, 0.5) is 0 Å². The highest BCUT2D eigenvalue weighted by Gasteiger charge is 2.14. The second-order valence-corrected chi connectivity index (χ2v) is 5.75. The summed E-state index contributed by atoms with van der Waals surface area (Å²) in [5.41, 5.74) is 6.23. The molecule has 0 amide bonds. The van der Waals surface area contributed by atoms with Gasteiger partial charge in [-0.1, -0.05) is 60.7 Å². The fraction of sp³-hybridized carbons (Fsp3) is 0. The SMILES string of the molecule is c1ccc(-c2nccc3c2nnc2c(-c4ccccc4)cnn23)cc1. The van der Waals surface area contributed by atoms with Gasteiger partial charge in [-0.05, 0) is 11.6 Å². The second-order valence-electron chi connectivity index (χ2n) is 5.75. The molecule has 2 aromatic carbocycles. The van der Waals surface area contributed by atoms with Crippen LogP contribution in [0, 0.1) is 0 Å². The first kappa shape index (κ1) is 13.8. The Hall–Kier alpha value is -3.60. The molecule has 0 spiro atoms. The number of benzene rings is 2. The van der Waals surface area contributed by atoms with Gasteiger partial charge >= 0.3 is 0 Å². The summed E-state index contributed by atoms with van der Waals surface area (Å²) in [5, 5.41) is 13.5. The summed E-state index contributed by atoms with van der Waals surface area (Å²) in [7, 11) is 0. The van der Waals surface area contributed by atoms with Gasteiger partial charge in [0.2, 0.25) is 0 Å². The molecule has 0 aliphatic carbocycles. The number of hydrogen-bond donors (Lipinski definition) is 0. The lowest BCUT2D eigenvalue weighted by Gasteiger charge is -2.06. The van der Waals surface area contributed by atoms with Gasteiger partial charge in [0.1, 0.15) is 5.52 Å². The number of rotatable bonds is 2. The van der Waals surface area contributed by atoms with Crippen molar-refractivity contribution >= 4 is 16.7 Å². The summed E-state index contributed by atoms with van der Waals surface area (Å²) in [6, 6.07) is 22.0. The number of hydrogen-bond acceptors (Lipinski definition) is 4. The van der Waals surface area contributed by atoms with Gasteiger partial charge in [0.15, 0.2) is 5.65 Å². The van der Waals surface area contributed by atoms with E-state index >= 15 is 0 Å². The third-order valence-corrected chi connectivity index (χ3v) is 4.25. The second kappa shape index (κ2) is 5.49. The maximum Gasteiger partial charge on any atom is 0.185 e. The summed E-state index contributed by atoms with van der Waals surface area (Å²) in [4.78, 5) is 4.51. The molecule has 0 unspecified atom stereocenters. The van der Waals surface area contributed by atoms with Crippen LogP contribution in [-0.4, -0.2) is 24.8 Å². The number of pyridine rings is 1. The average molecular weight is 323 g/mol. The van der Waals surface area contributed by atoms with Crippen LogP contribution in [0.5, 0.6) is 0 Å². The first-order valence-electron chi connectivity index (χ1n) is 8.02. The zero-order chi connectivity index (χ0) is 16.6. The van der Waals surface area contributed by atoms with Gasteiger partial charge in [0.25, 0.3) is 0 Å². The Bertz CT molecular complexity index is 1180. The molecule has 0 radical (unpaired) electrons. The normalized spacial score (nSPS) is 11.2. The van der Waals surface area contributed by atoms with E-state index in [0.29, 0.717) is 0 Å². The molecule has 0 N–H and O–H groups in total. The van der Waals surface area contributed by atoms with Crippen molar-refractivity contribution < 1.29 is 0 Å². The van der Waals surface area contributed by atoms with Gasteiger partial charge in [0, 0.05) is 17.3 Å². The van der Waals surface area contributed by atoms with Crippen LogP contribution < -0.4 is 0 Å². The molecular weight excluding hydrogens is 310 g/mol. The molecule has 5 heteroatoms. The molecule has 0 aliphatic rings. The lowest BCUT2D eigenvalue weighted by atomic mass is 10.1. The summed E-state index contributed by atoms with van der Waals surface area (Å²) in [6.45, 7) is 0. The van der Waals surface area contributed by atoms with Crippen molar-refractivity contribution in [2.75, 3.05) is 0 Å². The van der Waals surface area contributed by atoms with Crippen molar-refractivity contribution in [2.24, 2.45) is 0 Å². The van der Waals surface area contributed by atoms with E-state index in [-0.39, 0.29) is 0 Å². The predicted molar refractivity (Wildman–Crippen MR) is 97.0 cm³/mol. The van der Waals surface area contributed by atoms with E-state index in [1.165, 1.54) is 0 Å². The molecule has 5 aromatic rings. The Labute approximate surface area is 143 Å². The van der Waals surface area contributed by atoms with Crippen LogP contribution in [0.3, 0.4) is 0 Å². The summed E-state index contributed by atoms with van der Waals surface area (Å²) < 4.78 is 1.83. The van der Waals surface area contributed by atoms with Gasteiger partial charge in [-0.15, -0.1) is 10.2 Å². The van der Waals surface area contributed by atoms with Gasteiger partial charge < -0.3 is 0 Å². The highest BCUT2D eigenvalue weighted by atomic mass is 15.3. The first-order chi connectivity index (χ1) is 12.4. The Morgan fingerprint density at radius 3 is 2.20 bits per heavy atom. The fourth-order valence-corrected chi connectivity index (χ4v) is 3.05. The van der Waals surface area contributed by atoms with E-state index < -0.39 is 0 Å². The van der Waals surface area contributed by atoms with E-state index in [4.69, 9.17) is 0 Å². The third-order valence-electron chi connectivity index (χ3n) is 4.25. The molecular formula is C20H13N5. The largest absolute Gasteiger partial charge is 0.254 e. The molecule has 118 valence electrons. The summed E-state index contributed by atoms with van der Waals surface area (Å²) >= 11 is 0. The zero-order valence-electron chi connectivity index (χ0n) is 13.2. The van der Waals surface area contributed by atoms with Crippen molar-refractivity contribution in [1.82, 2.24) is 24.8 Å². The average Bonchev–Trinajstić information content (AvgIpc) is 3.13. The summed E-state index contributed by atoms with van der Waals surface area (Å²) in [6.07, 6.45) is 3.62. The van der Waals surface area contributed by atoms with Crippen LogP contribution in [-0.2, 0) is 0 Å². The molecule has 3 aromatic heterocycles. The highest BCUT2D eigenvalue weighted by molar-refractivity contribution is 5.91. The molecule has 5 nitrogen and oxygen atoms in total. The van der Waals surface area contributed by atoms with E-state index in [2.05, 4.69) is 20.3 Å². The number of nitrogens with zero attached hydrogens (tertiary/aromatic N) is 5. The molecule has 3 heterocycles. The van der Waals surface area contributed by atoms with E-state index in [9.17, 15) is 0 Å². The molecule has 0 fully saturated rings. The van der Waals surface area contributed by atoms with Gasteiger partial charge in [-0.3, -0.25) is 4.98 Å². The zero-order valence-corrected chi connectivity index (χ0v) is 13.2. The predicted octanol–water partition coefficient (Wildman–Crippen LogP) is 4.01. The molecule has 0 atom stereocenters. The Kier molecular flexibility index (Phi) is 3.03. The smallest absolute Gasteiger partial charge is 0.185 e. The number of aromatic nitrogens is 5. The minimum atomic E-state index is 0.740. The summed E-state index contributed by atoms with van der Waals surface area (Å²) in [5.74, 6) is 0. The lowest BCUT2D eigenvalue weighted by molar-refractivity contribution is 0.940. The van der Waals surface area contributed by atoms with Crippen molar-refractivity contribution in [1.29, 1.82) is 0 Å². The van der Waals surface area contributed by atoms with Crippen molar-refractivity contribution in [3.05, 3.63) is 79.1 Å². The molecule has 0 saturated carbocycles. The minimum absolute atomic E-state index is 0.740. The maximum atomic E-state index is 4.54. The quantitative estimate of drug-likeness (QED) is 0.492. The van der Waals surface area contributed by atoms with Gasteiger partial charge in [0.05, 0.1) is 17.4 Å². The van der Waals surface area contributed by atoms with Crippen molar-refractivity contribution in [3.8, 4) is 22.4 Å². The van der Waals surface area contributed by atoms with Gasteiger partial charge in [-0.2, -0.15) is 5.10 Å². The number of fused-ring (bicyclic) bond motifs is 3. The molecule has 0 aliphatic heterocycles. The molecule has 5 rings (SSSR count). The maximum absolute atomic E-state index is 4.54. The van der Waals surface area contributed by atoms with Crippen molar-refractivity contribution in [3.63, 3.8) is 0 Å². The first-order valence-corrected chi connectivity index (χ1v) is 8.02. The van der Waals surface area contributed by atoms with E-state index in [1.807, 2.05) is 77.4 Å². The van der Waals surface area contributed by atoms with E-state index in [0.717, 1.165) is 39.1 Å². The molecule has 25 heavy (non-hydrogen) atoms. The third kappa shape index (κ3) is 2.17. The van der Waals surface area contributed by atoms with Crippen molar-refractivity contribution in [2.45, 2.75) is 0 Å². The molecule has 0 saturated heterocycles. The van der Waals surface area contributed by atoms with Crippen LogP contribution >= 0.6 is 0 Å². The monoisotopic (exact) mass is 323 g/mol. The van der Waals surface area contributed by atoms with E-state index in [1.54, 1.807) is 6.20 Å². The molecule has 0 bridgehead atoms. The Morgan fingerprint density at radius 1 is 0.720 bits per heavy atom. The Morgan fingerprint density at radius 2 is 1.44 bits per heavy atom. The Balaban J connectivity index is 1.79. The minimum Gasteiger partial charge on any atom is -0.254 e. The highest BCUT2D eigenvalue weighted by Crippen LogP contribution is 2.28. The van der Waals surface area contributed by atoms with Crippen LogP contribution in [0.2, 0.25) is 0 Å². The standard InChI is InChI=1S/C20H13N5/c1-3-7-14(8-4-1)16-13-22-25-17-11-12-21-18(15-9-5-2-6-10-15)19(17)23-24-20(16)25/h1-13H. The van der Waals surface area contributed by atoms with Crippen LogP contribution in [0.1, 0.15) is 0 Å². The topological polar surface area (TPSA) is 56.0 Å². The van der Waals surface area contributed by atoms with Crippen LogP contribution in [0.25, 0.3) is 39.1 Å². The fourth-order valence-electron chi connectivity index (χ4n) is 3.05. The van der Waals surface area contributed by atoms with Gasteiger partial charge in [-0.25, -0.2) is 4.52 Å². The lowest BCUT2D eigenvalue weighted by Crippen LogP contribution is -1.99.